The maximum Gasteiger partial charge on any atom is 0.220 e. The molecule has 2 aromatic carbocycles. The van der Waals surface area contributed by atoms with Crippen LogP contribution in [0.3, 0.4) is 0 Å². The average Bonchev–Trinajstić information content (AvgIpc) is 3.01. The van der Waals surface area contributed by atoms with Crippen molar-refractivity contribution in [2.45, 2.75) is 56.7 Å². The van der Waals surface area contributed by atoms with Crippen molar-refractivity contribution in [3.63, 3.8) is 0 Å². The molecule has 0 aliphatic carbocycles. The summed E-state index contributed by atoms with van der Waals surface area (Å²) in [6.07, 6.45) is 6.35. The average molecular weight is 385 g/mol. The van der Waals surface area contributed by atoms with Crippen molar-refractivity contribution < 1.29 is 4.79 Å². The zero-order valence-corrected chi connectivity index (χ0v) is 16.5. The Bertz CT molecular complexity index is 710. The van der Waals surface area contributed by atoms with Gasteiger partial charge >= 0.3 is 0 Å². The van der Waals surface area contributed by atoms with Gasteiger partial charge in [-0.05, 0) is 49.1 Å². The second-order valence-electron chi connectivity index (χ2n) is 7.90. The van der Waals surface area contributed by atoms with E-state index in [1.807, 2.05) is 24.3 Å². The van der Waals surface area contributed by atoms with Gasteiger partial charge in [-0.15, -0.1) is 12.4 Å². The third-order valence-corrected chi connectivity index (χ3v) is 5.86. The summed E-state index contributed by atoms with van der Waals surface area (Å²) in [5, 5.41) is 6.98. The van der Waals surface area contributed by atoms with E-state index in [1.165, 1.54) is 24.0 Å². The van der Waals surface area contributed by atoms with Crippen LogP contribution in [-0.2, 0) is 11.2 Å². The molecule has 0 saturated carbocycles. The second kappa shape index (κ2) is 9.38. The Balaban J connectivity index is 0.00000210. The van der Waals surface area contributed by atoms with Crippen LogP contribution in [0.2, 0.25) is 0 Å². The van der Waals surface area contributed by atoms with E-state index in [4.69, 9.17) is 0 Å². The van der Waals surface area contributed by atoms with Crippen LogP contribution in [0, 0.1) is 5.92 Å². The van der Waals surface area contributed by atoms with E-state index in [2.05, 4.69) is 47.0 Å². The number of rotatable bonds is 6. The Morgan fingerprint density at radius 2 is 1.56 bits per heavy atom. The number of piperidine rings is 1. The molecular weight excluding hydrogens is 356 g/mol. The molecule has 1 amide bonds. The predicted molar refractivity (Wildman–Crippen MR) is 112 cm³/mol. The standard InChI is InChI=1S/C23H28N2O.ClH/c26-23(16-18-13-20-11-12-21(14-18)24-20)25-22(19-9-5-2-6-10-19)15-17-7-3-1-4-8-17;/h1-10,18,20-22,24H,11-16H2,(H,25,26);1H. The van der Waals surface area contributed by atoms with Gasteiger partial charge in [0.1, 0.15) is 0 Å². The Hall–Kier alpha value is -1.84. The summed E-state index contributed by atoms with van der Waals surface area (Å²) in [5.41, 5.74) is 2.43. The van der Waals surface area contributed by atoms with Crippen LogP contribution in [-0.4, -0.2) is 18.0 Å². The Kier molecular flexibility index (Phi) is 6.92. The first-order valence-electron chi connectivity index (χ1n) is 9.90. The van der Waals surface area contributed by atoms with Crippen molar-refractivity contribution in [1.29, 1.82) is 0 Å². The van der Waals surface area contributed by atoms with Crippen LogP contribution in [0.25, 0.3) is 0 Å². The molecule has 2 N–H and O–H groups in total. The number of hydrogen-bond donors (Lipinski definition) is 2. The first-order valence-corrected chi connectivity index (χ1v) is 9.90. The van der Waals surface area contributed by atoms with Gasteiger partial charge in [-0.1, -0.05) is 60.7 Å². The molecule has 2 fully saturated rings. The summed E-state index contributed by atoms with van der Waals surface area (Å²) in [6.45, 7) is 0. The maximum atomic E-state index is 12.8. The summed E-state index contributed by atoms with van der Waals surface area (Å²) in [7, 11) is 0. The number of carbonyl (C=O) groups is 1. The fraction of sp³-hybridized carbons (Fsp3) is 0.435. The number of hydrogen-bond acceptors (Lipinski definition) is 2. The van der Waals surface area contributed by atoms with Gasteiger partial charge < -0.3 is 10.6 Å². The number of halogens is 1. The molecule has 3 unspecified atom stereocenters. The molecule has 2 aromatic rings. The smallest absolute Gasteiger partial charge is 0.220 e. The third kappa shape index (κ3) is 5.33. The lowest BCUT2D eigenvalue weighted by Crippen LogP contribution is -2.40. The Morgan fingerprint density at radius 3 is 2.19 bits per heavy atom. The van der Waals surface area contributed by atoms with Crippen LogP contribution in [0.1, 0.15) is 49.3 Å². The van der Waals surface area contributed by atoms with E-state index in [0.29, 0.717) is 24.4 Å². The van der Waals surface area contributed by atoms with Crippen molar-refractivity contribution in [2.24, 2.45) is 5.92 Å². The minimum atomic E-state index is 0. The first kappa shape index (κ1) is 19.9. The van der Waals surface area contributed by atoms with Gasteiger partial charge in [0.25, 0.3) is 0 Å². The van der Waals surface area contributed by atoms with Crippen molar-refractivity contribution >= 4 is 18.3 Å². The molecule has 2 aliphatic rings. The van der Waals surface area contributed by atoms with Crippen LogP contribution in [0.4, 0.5) is 0 Å². The van der Waals surface area contributed by atoms with Crippen molar-refractivity contribution in [3.05, 3.63) is 71.8 Å². The first-order chi connectivity index (χ1) is 12.8. The highest BCUT2D eigenvalue weighted by Crippen LogP contribution is 2.32. The summed E-state index contributed by atoms with van der Waals surface area (Å²) >= 11 is 0. The largest absolute Gasteiger partial charge is 0.349 e. The van der Waals surface area contributed by atoms with Crippen LogP contribution >= 0.6 is 12.4 Å². The van der Waals surface area contributed by atoms with E-state index in [9.17, 15) is 4.79 Å². The van der Waals surface area contributed by atoms with Gasteiger partial charge in [-0.25, -0.2) is 0 Å². The van der Waals surface area contributed by atoms with Gasteiger partial charge in [0.15, 0.2) is 0 Å². The normalized spacial score (nSPS) is 24.7. The van der Waals surface area contributed by atoms with E-state index in [0.717, 1.165) is 19.3 Å². The second-order valence-corrected chi connectivity index (χ2v) is 7.90. The zero-order valence-electron chi connectivity index (χ0n) is 15.6. The molecule has 144 valence electrons. The van der Waals surface area contributed by atoms with Gasteiger partial charge in [0.2, 0.25) is 5.91 Å². The SMILES string of the molecule is Cl.O=C(CC1CC2CCC(C1)N2)NC(Cc1ccccc1)c1ccccc1. The molecule has 2 aliphatic heterocycles. The minimum Gasteiger partial charge on any atom is -0.349 e. The highest BCUT2D eigenvalue weighted by atomic mass is 35.5. The van der Waals surface area contributed by atoms with Crippen molar-refractivity contribution in [2.75, 3.05) is 0 Å². The van der Waals surface area contributed by atoms with E-state index >= 15 is 0 Å². The molecule has 0 aromatic heterocycles. The van der Waals surface area contributed by atoms with Crippen molar-refractivity contribution in [3.8, 4) is 0 Å². The lowest BCUT2D eigenvalue weighted by molar-refractivity contribution is -0.123. The van der Waals surface area contributed by atoms with E-state index in [1.54, 1.807) is 0 Å². The minimum absolute atomic E-state index is 0. The molecule has 3 nitrogen and oxygen atoms in total. The zero-order chi connectivity index (χ0) is 17.8. The molecule has 2 bridgehead atoms. The topological polar surface area (TPSA) is 41.1 Å². The number of fused-ring (bicyclic) bond motifs is 2. The molecule has 3 atom stereocenters. The quantitative estimate of drug-likeness (QED) is 0.773. The summed E-state index contributed by atoms with van der Waals surface area (Å²) < 4.78 is 0. The molecule has 0 radical (unpaired) electrons. The monoisotopic (exact) mass is 384 g/mol. The fourth-order valence-electron chi connectivity index (χ4n) is 4.64. The third-order valence-electron chi connectivity index (χ3n) is 5.86. The molecule has 2 heterocycles. The van der Waals surface area contributed by atoms with Crippen LogP contribution in [0.5, 0.6) is 0 Å². The molecule has 2 saturated heterocycles. The summed E-state index contributed by atoms with van der Waals surface area (Å²) in [4.78, 5) is 12.8. The van der Waals surface area contributed by atoms with Gasteiger partial charge in [-0.2, -0.15) is 0 Å². The van der Waals surface area contributed by atoms with E-state index in [-0.39, 0.29) is 24.4 Å². The lowest BCUT2D eigenvalue weighted by Gasteiger charge is -2.29. The summed E-state index contributed by atoms with van der Waals surface area (Å²) in [6, 6.07) is 22.1. The maximum absolute atomic E-state index is 12.8. The van der Waals surface area contributed by atoms with E-state index < -0.39 is 0 Å². The van der Waals surface area contributed by atoms with Crippen molar-refractivity contribution in [1.82, 2.24) is 10.6 Å². The Labute approximate surface area is 168 Å². The van der Waals surface area contributed by atoms with Crippen LogP contribution in [0.15, 0.2) is 60.7 Å². The Morgan fingerprint density at radius 1 is 0.963 bits per heavy atom. The van der Waals surface area contributed by atoms with Gasteiger partial charge in [0, 0.05) is 18.5 Å². The molecular formula is C23H29ClN2O. The lowest BCUT2D eigenvalue weighted by atomic mass is 9.89. The number of amides is 1. The van der Waals surface area contributed by atoms with Gasteiger partial charge in [0.05, 0.1) is 6.04 Å². The number of nitrogens with one attached hydrogen (secondary N) is 2. The number of benzene rings is 2. The molecule has 0 spiro atoms. The predicted octanol–water partition coefficient (Wildman–Crippen LogP) is 4.43. The molecule has 27 heavy (non-hydrogen) atoms. The number of carbonyl (C=O) groups excluding carboxylic acids is 1. The highest BCUT2D eigenvalue weighted by molar-refractivity contribution is 5.85. The molecule has 4 heteroatoms. The van der Waals surface area contributed by atoms with Crippen LogP contribution < -0.4 is 10.6 Å². The summed E-state index contributed by atoms with van der Waals surface area (Å²) in [5.74, 6) is 0.725. The van der Waals surface area contributed by atoms with Gasteiger partial charge in [-0.3, -0.25) is 4.79 Å². The highest BCUT2D eigenvalue weighted by Gasteiger charge is 2.34. The molecule has 4 rings (SSSR count). The fourth-order valence-corrected chi connectivity index (χ4v) is 4.64.